The molecule has 6 nitrogen and oxygen atoms in total. The predicted octanol–water partition coefficient (Wildman–Crippen LogP) is 2.28. The molecule has 0 aliphatic rings. The summed E-state index contributed by atoms with van der Waals surface area (Å²) in [6, 6.07) is 6.70. The van der Waals surface area contributed by atoms with Gasteiger partial charge >= 0.3 is 0 Å². The van der Waals surface area contributed by atoms with Gasteiger partial charge in [0.2, 0.25) is 10.0 Å². The lowest BCUT2D eigenvalue weighted by atomic mass is 9.87. The van der Waals surface area contributed by atoms with Crippen LogP contribution in [0, 0.1) is 0 Å². The average molecular weight is 342 g/mol. The fourth-order valence-corrected chi connectivity index (χ4v) is 3.53. The van der Waals surface area contributed by atoms with E-state index in [4.69, 9.17) is 5.21 Å². The minimum Gasteiger partial charge on any atom is -0.289 e. The number of nitrogens with one attached hydrogen (secondary N) is 1. The molecule has 0 saturated carbocycles. The van der Waals surface area contributed by atoms with Crippen molar-refractivity contribution < 1.29 is 18.4 Å². The smallest absolute Gasteiger partial charge is 0.258 e. The van der Waals surface area contributed by atoms with Gasteiger partial charge < -0.3 is 0 Å². The van der Waals surface area contributed by atoms with Crippen molar-refractivity contribution in [2.75, 3.05) is 13.1 Å². The summed E-state index contributed by atoms with van der Waals surface area (Å²) in [5.74, 6) is -0.754. The first kappa shape index (κ1) is 19.6. The maximum atomic E-state index is 12.7. The molecule has 1 amide bonds. The SMILES string of the molecule is CCCCN(CC(=O)NO)S(=O)(=O)c1ccc(C(C)(C)C)cc1. The largest absolute Gasteiger partial charge is 0.289 e. The molecule has 0 fully saturated rings. The molecule has 0 spiro atoms. The summed E-state index contributed by atoms with van der Waals surface area (Å²) >= 11 is 0. The molecule has 0 heterocycles. The summed E-state index contributed by atoms with van der Waals surface area (Å²) < 4.78 is 26.5. The quantitative estimate of drug-likeness (QED) is 0.588. The Morgan fingerprint density at radius 3 is 2.22 bits per heavy atom. The molecule has 1 rings (SSSR count). The molecule has 0 aromatic heterocycles. The first-order valence-electron chi connectivity index (χ1n) is 7.66. The van der Waals surface area contributed by atoms with E-state index in [1.165, 1.54) is 5.48 Å². The maximum absolute atomic E-state index is 12.7. The van der Waals surface area contributed by atoms with Gasteiger partial charge in [0.25, 0.3) is 5.91 Å². The van der Waals surface area contributed by atoms with Crippen LogP contribution in [0.25, 0.3) is 0 Å². The Kier molecular flexibility index (Phi) is 6.73. The highest BCUT2D eigenvalue weighted by Gasteiger charge is 2.26. The number of hydrogen-bond donors (Lipinski definition) is 2. The lowest BCUT2D eigenvalue weighted by Crippen LogP contribution is -2.40. The average Bonchev–Trinajstić information content (AvgIpc) is 2.50. The van der Waals surface area contributed by atoms with Gasteiger partial charge in [-0.1, -0.05) is 46.2 Å². The van der Waals surface area contributed by atoms with Crippen LogP contribution in [0.15, 0.2) is 29.2 Å². The molecule has 0 unspecified atom stereocenters. The number of unbranched alkanes of at least 4 members (excludes halogenated alkanes) is 1. The summed E-state index contributed by atoms with van der Waals surface area (Å²) in [4.78, 5) is 11.5. The van der Waals surface area contributed by atoms with Crippen LogP contribution in [-0.2, 0) is 20.2 Å². The summed E-state index contributed by atoms with van der Waals surface area (Å²) in [6.07, 6.45) is 1.44. The molecule has 0 aliphatic heterocycles. The zero-order valence-corrected chi connectivity index (χ0v) is 15.0. The van der Waals surface area contributed by atoms with Gasteiger partial charge in [-0.25, -0.2) is 13.9 Å². The molecule has 130 valence electrons. The molecule has 0 atom stereocenters. The number of rotatable bonds is 7. The van der Waals surface area contributed by atoms with Crippen LogP contribution in [0.2, 0.25) is 0 Å². The number of nitrogens with zero attached hydrogens (tertiary/aromatic N) is 1. The third-order valence-corrected chi connectivity index (χ3v) is 5.42. The zero-order valence-electron chi connectivity index (χ0n) is 14.2. The molecule has 0 radical (unpaired) electrons. The van der Waals surface area contributed by atoms with Crippen LogP contribution in [-0.4, -0.2) is 36.9 Å². The van der Waals surface area contributed by atoms with Gasteiger partial charge in [-0.05, 0) is 29.5 Å². The van der Waals surface area contributed by atoms with Gasteiger partial charge in [0.05, 0.1) is 11.4 Å². The summed E-state index contributed by atoms with van der Waals surface area (Å²) in [7, 11) is -3.78. The van der Waals surface area contributed by atoms with Crippen molar-refractivity contribution in [3.63, 3.8) is 0 Å². The Morgan fingerprint density at radius 1 is 1.22 bits per heavy atom. The zero-order chi connectivity index (χ0) is 17.7. The van der Waals surface area contributed by atoms with E-state index < -0.39 is 22.5 Å². The van der Waals surface area contributed by atoms with Crippen LogP contribution >= 0.6 is 0 Å². The normalized spacial score (nSPS) is 12.4. The predicted molar refractivity (Wildman–Crippen MR) is 88.7 cm³/mol. The highest BCUT2D eigenvalue weighted by atomic mass is 32.2. The van der Waals surface area contributed by atoms with E-state index in [1.54, 1.807) is 24.3 Å². The van der Waals surface area contributed by atoms with E-state index in [9.17, 15) is 13.2 Å². The minimum atomic E-state index is -3.78. The molecule has 1 aromatic carbocycles. The van der Waals surface area contributed by atoms with Crippen molar-refractivity contribution in [1.82, 2.24) is 9.79 Å². The second-order valence-corrected chi connectivity index (χ2v) is 8.44. The molecule has 23 heavy (non-hydrogen) atoms. The Bertz CT molecular complexity index is 618. The lowest BCUT2D eigenvalue weighted by Gasteiger charge is -2.22. The highest BCUT2D eigenvalue weighted by Crippen LogP contribution is 2.24. The lowest BCUT2D eigenvalue weighted by molar-refractivity contribution is -0.129. The first-order valence-corrected chi connectivity index (χ1v) is 9.10. The minimum absolute atomic E-state index is 0.0685. The Labute approximate surface area is 138 Å². The fourth-order valence-electron chi connectivity index (χ4n) is 2.09. The van der Waals surface area contributed by atoms with Gasteiger partial charge in [-0.2, -0.15) is 4.31 Å². The van der Waals surface area contributed by atoms with Crippen molar-refractivity contribution in [3.05, 3.63) is 29.8 Å². The van der Waals surface area contributed by atoms with E-state index >= 15 is 0 Å². The molecule has 0 bridgehead atoms. The number of benzene rings is 1. The summed E-state index contributed by atoms with van der Waals surface area (Å²) in [5, 5.41) is 8.65. The Hall–Kier alpha value is -1.44. The van der Waals surface area contributed by atoms with Crippen molar-refractivity contribution in [3.8, 4) is 0 Å². The molecular weight excluding hydrogens is 316 g/mol. The van der Waals surface area contributed by atoms with E-state index in [-0.39, 0.29) is 16.9 Å². The highest BCUT2D eigenvalue weighted by molar-refractivity contribution is 7.89. The van der Waals surface area contributed by atoms with Gasteiger partial charge in [0.15, 0.2) is 0 Å². The summed E-state index contributed by atoms with van der Waals surface area (Å²) in [5.41, 5.74) is 2.44. The number of carbonyl (C=O) groups is 1. The molecule has 2 N–H and O–H groups in total. The summed E-state index contributed by atoms with van der Waals surface area (Å²) in [6.45, 7) is 7.92. The van der Waals surface area contributed by atoms with Crippen molar-refractivity contribution in [1.29, 1.82) is 0 Å². The van der Waals surface area contributed by atoms with Crippen LogP contribution in [0.3, 0.4) is 0 Å². The number of amides is 1. The first-order chi connectivity index (χ1) is 10.6. The van der Waals surface area contributed by atoms with Gasteiger partial charge in [-0.3, -0.25) is 10.0 Å². The molecular formula is C16H26N2O4S. The van der Waals surface area contributed by atoms with Crippen LogP contribution < -0.4 is 5.48 Å². The molecule has 7 heteroatoms. The number of hydrogen-bond acceptors (Lipinski definition) is 4. The van der Waals surface area contributed by atoms with Crippen LogP contribution in [0.5, 0.6) is 0 Å². The monoisotopic (exact) mass is 342 g/mol. The second kappa shape index (κ2) is 7.90. The second-order valence-electron chi connectivity index (χ2n) is 6.50. The Morgan fingerprint density at radius 2 is 1.78 bits per heavy atom. The van der Waals surface area contributed by atoms with E-state index in [0.29, 0.717) is 6.42 Å². The van der Waals surface area contributed by atoms with Crippen LogP contribution in [0.4, 0.5) is 0 Å². The van der Waals surface area contributed by atoms with E-state index in [2.05, 4.69) is 20.8 Å². The van der Waals surface area contributed by atoms with Crippen molar-refractivity contribution in [2.24, 2.45) is 0 Å². The Balaban J connectivity index is 3.10. The molecule has 0 saturated heterocycles. The number of hydroxylamine groups is 1. The molecule has 1 aromatic rings. The van der Waals surface area contributed by atoms with E-state index in [0.717, 1.165) is 16.3 Å². The third kappa shape index (κ3) is 5.30. The van der Waals surface area contributed by atoms with Gasteiger partial charge in [-0.15, -0.1) is 0 Å². The van der Waals surface area contributed by atoms with Gasteiger partial charge in [0, 0.05) is 6.54 Å². The van der Waals surface area contributed by atoms with E-state index in [1.807, 2.05) is 6.92 Å². The van der Waals surface area contributed by atoms with Crippen molar-refractivity contribution in [2.45, 2.75) is 50.8 Å². The fraction of sp³-hybridized carbons (Fsp3) is 0.562. The third-order valence-electron chi connectivity index (χ3n) is 3.56. The number of sulfonamides is 1. The standard InChI is InChI=1S/C16H26N2O4S/c1-5-6-11-18(12-15(19)17-20)23(21,22)14-9-7-13(8-10-14)16(2,3)4/h7-10,20H,5-6,11-12H2,1-4H3,(H,17,19). The van der Waals surface area contributed by atoms with Crippen molar-refractivity contribution >= 4 is 15.9 Å². The number of carbonyl (C=O) groups excluding carboxylic acids is 1. The molecule has 0 aliphatic carbocycles. The van der Waals surface area contributed by atoms with Gasteiger partial charge in [0.1, 0.15) is 0 Å². The van der Waals surface area contributed by atoms with Crippen LogP contribution in [0.1, 0.15) is 46.1 Å². The topological polar surface area (TPSA) is 86.7 Å². The maximum Gasteiger partial charge on any atom is 0.258 e.